The van der Waals surface area contributed by atoms with Gasteiger partial charge in [-0.2, -0.15) is 0 Å². The van der Waals surface area contributed by atoms with E-state index in [1.807, 2.05) is 0 Å². The number of rotatable bonds is 2. The van der Waals surface area contributed by atoms with Crippen molar-refractivity contribution in [3.8, 4) is 28.1 Å². The summed E-state index contributed by atoms with van der Waals surface area (Å²) in [4.78, 5) is 5.13. The highest BCUT2D eigenvalue weighted by Crippen LogP contribution is 2.51. The maximum Gasteiger partial charge on any atom is 0.0788 e. The molecule has 0 radical (unpaired) electrons. The molecule has 0 saturated heterocycles. The van der Waals surface area contributed by atoms with Gasteiger partial charge in [0.2, 0.25) is 0 Å². The van der Waals surface area contributed by atoms with E-state index < -0.39 is 0 Å². The molecule has 0 atom stereocenters. The van der Waals surface area contributed by atoms with Crippen LogP contribution in [0.15, 0.2) is 133 Å². The number of hydrogen-bond acceptors (Lipinski definition) is 1. The van der Waals surface area contributed by atoms with Crippen molar-refractivity contribution in [1.29, 1.82) is 0 Å². The molecule has 2 heteroatoms. The molecule has 0 unspecified atom stereocenters. The predicted molar refractivity (Wildman–Crippen MR) is 177 cm³/mol. The van der Waals surface area contributed by atoms with Gasteiger partial charge in [0.1, 0.15) is 0 Å². The van der Waals surface area contributed by atoms with Crippen LogP contribution < -0.4 is 0 Å². The lowest BCUT2D eigenvalue weighted by Crippen LogP contribution is -2.14. The van der Waals surface area contributed by atoms with Gasteiger partial charge in [0.15, 0.2) is 0 Å². The Bertz CT molecular complexity index is 2370. The van der Waals surface area contributed by atoms with E-state index in [1.165, 1.54) is 60.2 Å². The van der Waals surface area contributed by atoms with Crippen molar-refractivity contribution in [2.24, 2.45) is 0 Å². The molecule has 2 aromatic heterocycles. The minimum atomic E-state index is -0.0476. The lowest BCUT2D eigenvalue weighted by atomic mass is 9.82. The van der Waals surface area contributed by atoms with Crippen molar-refractivity contribution in [2.75, 3.05) is 0 Å². The molecular formula is C40H28N2. The Morgan fingerprint density at radius 1 is 0.500 bits per heavy atom. The fourth-order valence-corrected chi connectivity index (χ4v) is 7.33. The van der Waals surface area contributed by atoms with Crippen molar-refractivity contribution < 1.29 is 0 Å². The molecule has 198 valence electrons. The first-order valence-corrected chi connectivity index (χ1v) is 14.7. The summed E-state index contributed by atoms with van der Waals surface area (Å²) in [6, 6.07) is 48.5. The number of hydrogen-bond donors (Lipinski definition) is 0. The molecule has 8 aromatic rings. The average Bonchev–Trinajstić information content (AvgIpc) is 3.48. The maximum absolute atomic E-state index is 5.13. The quantitative estimate of drug-likeness (QED) is 0.201. The average molecular weight is 537 g/mol. The van der Waals surface area contributed by atoms with Gasteiger partial charge in [-0.3, -0.25) is 0 Å². The SMILES string of the molecule is CC1(C)c2ccccc2-c2cc3c4ccccc4n(-c4ccc(-c5nc6ccccc6c6ccccc56)cc4)c3cc21. The second-order valence-electron chi connectivity index (χ2n) is 12.0. The van der Waals surface area contributed by atoms with Gasteiger partial charge in [-0.25, -0.2) is 4.98 Å². The highest BCUT2D eigenvalue weighted by molar-refractivity contribution is 6.12. The molecule has 42 heavy (non-hydrogen) atoms. The van der Waals surface area contributed by atoms with Gasteiger partial charge in [0.25, 0.3) is 0 Å². The zero-order valence-electron chi connectivity index (χ0n) is 23.6. The van der Waals surface area contributed by atoms with E-state index in [-0.39, 0.29) is 5.41 Å². The smallest absolute Gasteiger partial charge is 0.0788 e. The lowest BCUT2D eigenvalue weighted by molar-refractivity contribution is 0.661. The molecule has 0 fully saturated rings. The van der Waals surface area contributed by atoms with Crippen LogP contribution in [0.2, 0.25) is 0 Å². The van der Waals surface area contributed by atoms with Crippen LogP contribution in [-0.4, -0.2) is 9.55 Å². The van der Waals surface area contributed by atoms with Crippen molar-refractivity contribution in [3.05, 3.63) is 145 Å². The van der Waals surface area contributed by atoms with Gasteiger partial charge < -0.3 is 4.57 Å². The maximum atomic E-state index is 5.13. The summed E-state index contributed by atoms with van der Waals surface area (Å²) < 4.78 is 2.43. The van der Waals surface area contributed by atoms with Crippen LogP contribution in [0.3, 0.4) is 0 Å². The second kappa shape index (κ2) is 8.41. The summed E-state index contributed by atoms with van der Waals surface area (Å²) in [6.45, 7) is 4.71. The third-order valence-corrected chi connectivity index (χ3v) is 9.38. The predicted octanol–water partition coefficient (Wildman–Crippen LogP) is 10.5. The molecular weight excluding hydrogens is 508 g/mol. The third-order valence-electron chi connectivity index (χ3n) is 9.38. The van der Waals surface area contributed by atoms with Crippen LogP contribution in [0.5, 0.6) is 0 Å². The molecule has 1 aliphatic carbocycles. The van der Waals surface area contributed by atoms with E-state index in [2.05, 4.69) is 152 Å². The van der Waals surface area contributed by atoms with Gasteiger partial charge in [0.05, 0.1) is 22.2 Å². The Hall–Kier alpha value is -5.21. The van der Waals surface area contributed by atoms with Gasteiger partial charge in [-0.05, 0) is 64.0 Å². The van der Waals surface area contributed by atoms with Crippen molar-refractivity contribution >= 4 is 43.5 Å². The fraction of sp³-hybridized carbons (Fsp3) is 0.0750. The van der Waals surface area contributed by atoms with Gasteiger partial charge >= 0.3 is 0 Å². The largest absolute Gasteiger partial charge is 0.309 e. The second-order valence-corrected chi connectivity index (χ2v) is 12.0. The molecule has 2 heterocycles. The first kappa shape index (κ1) is 23.5. The highest BCUT2D eigenvalue weighted by atomic mass is 15.0. The summed E-state index contributed by atoms with van der Waals surface area (Å²) in [7, 11) is 0. The van der Waals surface area contributed by atoms with Crippen molar-refractivity contribution in [1.82, 2.24) is 9.55 Å². The zero-order valence-corrected chi connectivity index (χ0v) is 23.6. The Balaban J connectivity index is 1.26. The minimum absolute atomic E-state index is 0.0476. The zero-order chi connectivity index (χ0) is 28.0. The Labute approximate surface area is 244 Å². The van der Waals surface area contributed by atoms with Crippen LogP contribution in [0, 0.1) is 0 Å². The molecule has 1 aliphatic rings. The van der Waals surface area contributed by atoms with Crippen molar-refractivity contribution in [3.63, 3.8) is 0 Å². The lowest BCUT2D eigenvalue weighted by Gasteiger charge is -2.21. The summed E-state index contributed by atoms with van der Waals surface area (Å²) >= 11 is 0. The summed E-state index contributed by atoms with van der Waals surface area (Å²) in [5.41, 5.74) is 12.3. The molecule has 0 aliphatic heterocycles. The topological polar surface area (TPSA) is 17.8 Å². The van der Waals surface area contributed by atoms with Crippen molar-refractivity contribution in [2.45, 2.75) is 19.3 Å². The molecule has 0 N–H and O–H groups in total. The summed E-state index contributed by atoms with van der Waals surface area (Å²) in [6.07, 6.45) is 0. The number of fused-ring (bicyclic) bond motifs is 9. The monoisotopic (exact) mass is 536 g/mol. The standard InChI is InChI=1S/C40H28N2/c1-40(2)34-16-8-5-12-28(34)32-23-33-30-14-7-10-18-37(30)42(38(33)24-35(32)40)26-21-19-25(20-22-26)39-31-15-4-3-11-27(31)29-13-6-9-17-36(29)41-39/h3-24H,1-2H3. The number of benzene rings is 6. The molecule has 9 rings (SSSR count). The van der Waals surface area contributed by atoms with Crippen LogP contribution in [0.25, 0.3) is 71.6 Å². The van der Waals surface area contributed by atoms with E-state index in [0.717, 1.165) is 22.5 Å². The van der Waals surface area contributed by atoms with Crippen LogP contribution in [-0.2, 0) is 5.41 Å². The molecule has 0 bridgehead atoms. The Kier molecular flexibility index (Phi) is 4.70. The third kappa shape index (κ3) is 3.12. The molecule has 0 amide bonds. The number of para-hydroxylation sites is 2. The van der Waals surface area contributed by atoms with E-state index in [4.69, 9.17) is 4.98 Å². The fourth-order valence-electron chi connectivity index (χ4n) is 7.33. The van der Waals surface area contributed by atoms with Crippen LogP contribution >= 0.6 is 0 Å². The molecule has 0 spiro atoms. The molecule has 2 nitrogen and oxygen atoms in total. The molecule has 0 saturated carbocycles. The van der Waals surface area contributed by atoms with Gasteiger partial charge in [0, 0.05) is 38.2 Å². The molecule has 6 aromatic carbocycles. The Morgan fingerprint density at radius 3 is 2.00 bits per heavy atom. The summed E-state index contributed by atoms with van der Waals surface area (Å²) in [5, 5.41) is 6.18. The van der Waals surface area contributed by atoms with Crippen LogP contribution in [0.4, 0.5) is 0 Å². The van der Waals surface area contributed by atoms with E-state index in [0.29, 0.717) is 0 Å². The van der Waals surface area contributed by atoms with Crippen LogP contribution in [0.1, 0.15) is 25.0 Å². The Morgan fingerprint density at radius 2 is 1.17 bits per heavy atom. The van der Waals surface area contributed by atoms with Gasteiger partial charge in [-0.15, -0.1) is 0 Å². The first-order chi connectivity index (χ1) is 20.6. The summed E-state index contributed by atoms with van der Waals surface area (Å²) in [5.74, 6) is 0. The number of nitrogens with zero attached hydrogens (tertiary/aromatic N) is 2. The number of pyridine rings is 1. The number of aromatic nitrogens is 2. The first-order valence-electron chi connectivity index (χ1n) is 14.7. The van der Waals surface area contributed by atoms with E-state index in [1.54, 1.807) is 0 Å². The van der Waals surface area contributed by atoms with Gasteiger partial charge in [-0.1, -0.05) is 111 Å². The highest BCUT2D eigenvalue weighted by Gasteiger charge is 2.36. The minimum Gasteiger partial charge on any atom is -0.309 e. The van der Waals surface area contributed by atoms with E-state index >= 15 is 0 Å². The normalized spacial score (nSPS) is 13.7. The van der Waals surface area contributed by atoms with E-state index in [9.17, 15) is 0 Å².